The van der Waals surface area contributed by atoms with E-state index in [1.807, 2.05) is 49.6 Å². The van der Waals surface area contributed by atoms with Gasteiger partial charge >= 0.3 is 0 Å². The van der Waals surface area contributed by atoms with Crippen molar-refractivity contribution in [1.82, 2.24) is 10.3 Å². The van der Waals surface area contributed by atoms with Gasteiger partial charge in [0, 0.05) is 16.9 Å². The molecule has 0 aliphatic carbocycles. The van der Waals surface area contributed by atoms with Crippen molar-refractivity contribution in [3.05, 3.63) is 40.7 Å². The summed E-state index contributed by atoms with van der Waals surface area (Å²) in [6.45, 7) is 4.47. The maximum atomic E-state index is 11.7. The van der Waals surface area contributed by atoms with Crippen LogP contribution in [0.5, 0.6) is 0 Å². The number of hydrogen-bond acceptors (Lipinski definition) is 3. The van der Waals surface area contributed by atoms with E-state index in [1.165, 1.54) is 0 Å². The van der Waals surface area contributed by atoms with Gasteiger partial charge in [-0.15, -0.1) is 11.3 Å². The van der Waals surface area contributed by atoms with Gasteiger partial charge in [0.25, 0.3) is 0 Å². The summed E-state index contributed by atoms with van der Waals surface area (Å²) in [5, 5.41) is 5.89. The molecule has 0 aliphatic heterocycles. The first-order chi connectivity index (χ1) is 9.20. The van der Waals surface area contributed by atoms with Crippen molar-refractivity contribution in [2.45, 2.75) is 26.8 Å². The summed E-state index contributed by atoms with van der Waals surface area (Å²) in [5.74, 6) is 0.160. The molecule has 0 saturated heterocycles. The molecule has 1 amide bonds. The molecule has 0 radical (unpaired) electrons. The number of carbonyl (C=O) groups is 1. The van der Waals surface area contributed by atoms with Crippen LogP contribution in [-0.2, 0) is 11.3 Å². The van der Waals surface area contributed by atoms with Crippen LogP contribution in [0, 0.1) is 5.92 Å². The molecular weight excluding hydrogens is 256 g/mol. The molecule has 4 heteroatoms. The van der Waals surface area contributed by atoms with Gasteiger partial charge in [0.15, 0.2) is 0 Å². The zero-order valence-corrected chi connectivity index (χ0v) is 12.0. The number of hydrogen-bond donors (Lipinski definition) is 1. The van der Waals surface area contributed by atoms with Crippen LogP contribution in [0.2, 0.25) is 0 Å². The van der Waals surface area contributed by atoms with Gasteiger partial charge in [-0.1, -0.05) is 44.2 Å². The second-order valence-corrected chi connectivity index (χ2v) is 5.46. The zero-order chi connectivity index (χ0) is 13.7. The molecule has 1 aromatic carbocycles. The van der Waals surface area contributed by atoms with Gasteiger partial charge in [0.1, 0.15) is 5.01 Å². The Morgan fingerprint density at radius 2 is 2.11 bits per heavy atom. The van der Waals surface area contributed by atoms with E-state index >= 15 is 0 Å². The normalized spacial score (nSPS) is 12.1. The first-order valence-corrected chi connectivity index (χ1v) is 7.36. The molecule has 1 N–H and O–H groups in total. The van der Waals surface area contributed by atoms with Crippen LogP contribution in [0.3, 0.4) is 0 Å². The highest BCUT2D eigenvalue weighted by Crippen LogP contribution is 2.21. The second-order valence-electron chi connectivity index (χ2n) is 4.52. The monoisotopic (exact) mass is 274 g/mol. The average Bonchev–Trinajstić information content (AvgIpc) is 2.93. The van der Waals surface area contributed by atoms with Gasteiger partial charge in [0.05, 0.1) is 12.2 Å². The fourth-order valence-electron chi connectivity index (χ4n) is 1.66. The topological polar surface area (TPSA) is 42.0 Å². The quantitative estimate of drug-likeness (QED) is 0.907. The maximum absolute atomic E-state index is 11.7. The van der Waals surface area contributed by atoms with E-state index < -0.39 is 0 Å². The van der Waals surface area contributed by atoms with Crippen molar-refractivity contribution < 1.29 is 4.79 Å². The summed E-state index contributed by atoms with van der Waals surface area (Å²) in [7, 11) is 0. The minimum absolute atomic E-state index is 0.0635. The summed E-state index contributed by atoms with van der Waals surface area (Å²) in [6.07, 6.45) is 0.860. The molecular formula is C15H18N2OS. The number of nitrogens with one attached hydrogen (secondary N) is 1. The average molecular weight is 274 g/mol. The third-order valence-corrected chi connectivity index (χ3v) is 3.94. The Hall–Kier alpha value is -1.68. The number of aromatic nitrogens is 1. The highest BCUT2D eigenvalue weighted by atomic mass is 32.1. The fourth-order valence-corrected chi connectivity index (χ4v) is 2.40. The Labute approximate surface area is 117 Å². The van der Waals surface area contributed by atoms with Crippen molar-refractivity contribution in [3.8, 4) is 11.3 Å². The van der Waals surface area contributed by atoms with E-state index in [0.717, 1.165) is 22.7 Å². The highest BCUT2D eigenvalue weighted by molar-refractivity contribution is 7.09. The van der Waals surface area contributed by atoms with Gasteiger partial charge in [-0.05, 0) is 6.42 Å². The zero-order valence-electron chi connectivity index (χ0n) is 11.2. The highest BCUT2D eigenvalue weighted by Gasteiger charge is 2.11. The van der Waals surface area contributed by atoms with Crippen LogP contribution in [0.15, 0.2) is 35.7 Å². The maximum Gasteiger partial charge on any atom is 0.223 e. The number of nitrogens with zero attached hydrogens (tertiary/aromatic N) is 1. The lowest BCUT2D eigenvalue weighted by molar-refractivity contribution is -0.124. The van der Waals surface area contributed by atoms with Gasteiger partial charge in [0.2, 0.25) is 5.91 Å². The summed E-state index contributed by atoms with van der Waals surface area (Å²) < 4.78 is 0. The van der Waals surface area contributed by atoms with Gasteiger partial charge in [-0.25, -0.2) is 4.98 Å². The minimum atomic E-state index is 0.0635. The van der Waals surface area contributed by atoms with Crippen LogP contribution in [0.25, 0.3) is 11.3 Å². The van der Waals surface area contributed by atoms with Gasteiger partial charge in [-0.3, -0.25) is 4.79 Å². The number of carbonyl (C=O) groups excluding carboxylic acids is 1. The predicted molar refractivity (Wildman–Crippen MR) is 78.9 cm³/mol. The van der Waals surface area contributed by atoms with E-state index in [1.54, 1.807) is 11.3 Å². The van der Waals surface area contributed by atoms with Crippen molar-refractivity contribution >= 4 is 17.2 Å². The van der Waals surface area contributed by atoms with E-state index in [0.29, 0.717) is 6.54 Å². The fraction of sp³-hybridized carbons (Fsp3) is 0.333. The van der Waals surface area contributed by atoms with Gasteiger partial charge < -0.3 is 5.32 Å². The smallest absolute Gasteiger partial charge is 0.223 e. The Morgan fingerprint density at radius 3 is 2.79 bits per heavy atom. The molecule has 0 aliphatic rings. The molecule has 0 fully saturated rings. The minimum Gasteiger partial charge on any atom is -0.349 e. The molecule has 0 bridgehead atoms. The van der Waals surface area contributed by atoms with Crippen molar-refractivity contribution in [2.24, 2.45) is 5.92 Å². The third-order valence-electron chi connectivity index (χ3n) is 3.10. The molecule has 1 atom stereocenters. The predicted octanol–water partition coefficient (Wildman–Crippen LogP) is 3.47. The van der Waals surface area contributed by atoms with Crippen LogP contribution in [0.4, 0.5) is 0 Å². The Bertz CT molecular complexity index is 536. The molecule has 3 nitrogen and oxygen atoms in total. The summed E-state index contributed by atoms with van der Waals surface area (Å²) in [6, 6.07) is 10.1. The molecule has 19 heavy (non-hydrogen) atoms. The van der Waals surface area contributed by atoms with Gasteiger partial charge in [-0.2, -0.15) is 0 Å². The molecule has 0 saturated carbocycles. The summed E-state index contributed by atoms with van der Waals surface area (Å²) >= 11 is 1.58. The van der Waals surface area contributed by atoms with Crippen LogP contribution < -0.4 is 5.32 Å². The Balaban J connectivity index is 1.97. The molecule has 1 heterocycles. The van der Waals surface area contributed by atoms with Crippen molar-refractivity contribution in [1.29, 1.82) is 0 Å². The van der Waals surface area contributed by atoms with Crippen LogP contribution in [0.1, 0.15) is 25.3 Å². The lowest BCUT2D eigenvalue weighted by Gasteiger charge is -2.08. The Kier molecular flexibility index (Phi) is 4.68. The number of benzene rings is 1. The SMILES string of the molecule is CC[C@H](C)C(=O)NCc1nc(-c2ccccc2)cs1. The third kappa shape index (κ3) is 3.64. The first kappa shape index (κ1) is 13.7. The Morgan fingerprint density at radius 1 is 1.37 bits per heavy atom. The molecule has 0 unspecified atom stereocenters. The largest absolute Gasteiger partial charge is 0.349 e. The molecule has 2 rings (SSSR count). The summed E-state index contributed by atoms with van der Waals surface area (Å²) in [5.41, 5.74) is 2.08. The number of rotatable bonds is 5. The molecule has 0 spiro atoms. The lowest BCUT2D eigenvalue weighted by atomic mass is 10.1. The molecule has 100 valence electrons. The van der Waals surface area contributed by atoms with Crippen LogP contribution in [-0.4, -0.2) is 10.9 Å². The van der Waals surface area contributed by atoms with E-state index in [4.69, 9.17) is 0 Å². The molecule has 1 aromatic heterocycles. The summed E-state index contributed by atoms with van der Waals surface area (Å²) in [4.78, 5) is 16.2. The second kappa shape index (κ2) is 6.48. The standard InChI is InChI=1S/C15H18N2OS/c1-3-11(2)15(18)16-9-14-17-13(10-19-14)12-7-5-4-6-8-12/h4-8,10-11H,3,9H2,1-2H3,(H,16,18)/t11-/m0/s1. The van der Waals surface area contributed by atoms with Crippen LogP contribution >= 0.6 is 11.3 Å². The van der Waals surface area contributed by atoms with E-state index in [9.17, 15) is 4.79 Å². The van der Waals surface area contributed by atoms with Crippen molar-refractivity contribution in [3.63, 3.8) is 0 Å². The lowest BCUT2D eigenvalue weighted by Crippen LogP contribution is -2.28. The van der Waals surface area contributed by atoms with E-state index in [-0.39, 0.29) is 11.8 Å². The molecule has 2 aromatic rings. The number of amides is 1. The van der Waals surface area contributed by atoms with E-state index in [2.05, 4.69) is 10.3 Å². The number of thiazole rings is 1. The van der Waals surface area contributed by atoms with Crippen molar-refractivity contribution in [2.75, 3.05) is 0 Å². The first-order valence-electron chi connectivity index (χ1n) is 6.48.